The van der Waals surface area contributed by atoms with Crippen LogP contribution >= 0.6 is 15.9 Å². The summed E-state index contributed by atoms with van der Waals surface area (Å²) in [5.41, 5.74) is 0.960. The lowest BCUT2D eigenvalue weighted by Gasteiger charge is -2.40. The monoisotopic (exact) mass is 400 g/mol. The van der Waals surface area contributed by atoms with E-state index in [9.17, 15) is 9.18 Å². The molecular formula is C19H26BrFO3. The molecule has 24 heavy (non-hydrogen) atoms. The van der Waals surface area contributed by atoms with Crippen LogP contribution in [0.3, 0.4) is 0 Å². The van der Waals surface area contributed by atoms with Gasteiger partial charge in [0.2, 0.25) is 0 Å². The third-order valence-electron chi connectivity index (χ3n) is 4.28. The van der Waals surface area contributed by atoms with Crippen LogP contribution in [0.5, 0.6) is 0 Å². The van der Waals surface area contributed by atoms with Gasteiger partial charge in [-0.15, -0.1) is 0 Å². The van der Waals surface area contributed by atoms with Gasteiger partial charge in [0.15, 0.2) is 0 Å². The second-order valence-electron chi connectivity index (χ2n) is 8.05. The van der Waals surface area contributed by atoms with Gasteiger partial charge in [-0.1, -0.05) is 35.8 Å². The number of benzene rings is 1. The highest BCUT2D eigenvalue weighted by Gasteiger charge is 2.37. The molecule has 0 aromatic heterocycles. The molecule has 0 saturated carbocycles. The Bertz CT molecular complexity index is 607. The van der Waals surface area contributed by atoms with Gasteiger partial charge in [0.1, 0.15) is 16.2 Å². The van der Waals surface area contributed by atoms with Crippen molar-refractivity contribution in [1.29, 1.82) is 0 Å². The van der Waals surface area contributed by atoms with E-state index in [-0.39, 0.29) is 17.2 Å². The number of carbonyl (C=O) groups excluding carboxylic acids is 1. The molecule has 2 unspecified atom stereocenters. The number of halogens is 2. The first-order valence-corrected chi connectivity index (χ1v) is 9.17. The van der Waals surface area contributed by atoms with Crippen LogP contribution in [0.25, 0.3) is 0 Å². The fourth-order valence-electron chi connectivity index (χ4n) is 3.17. The first-order valence-electron chi connectivity index (χ1n) is 8.25. The Hall–Kier alpha value is -0.940. The van der Waals surface area contributed by atoms with E-state index >= 15 is 0 Å². The zero-order valence-electron chi connectivity index (χ0n) is 15.0. The summed E-state index contributed by atoms with van der Waals surface area (Å²) < 4.78 is 24.9. The lowest BCUT2D eigenvalue weighted by Crippen LogP contribution is -2.34. The number of esters is 1. The second kappa shape index (κ2) is 7.12. The Balaban J connectivity index is 2.39. The van der Waals surface area contributed by atoms with Crippen molar-refractivity contribution in [3.63, 3.8) is 0 Å². The Morgan fingerprint density at radius 1 is 1.42 bits per heavy atom. The zero-order valence-corrected chi connectivity index (χ0v) is 16.6. The van der Waals surface area contributed by atoms with E-state index in [2.05, 4.69) is 29.8 Å². The van der Waals surface area contributed by atoms with Crippen LogP contribution in [0.4, 0.5) is 4.39 Å². The van der Waals surface area contributed by atoms with Gasteiger partial charge in [-0.2, -0.15) is 0 Å². The maximum Gasteiger partial charge on any atom is 0.324 e. The molecule has 0 radical (unpaired) electrons. The van der Waals surface area contributed by atoms with Crippen LogP contribution in [0.2, 0.25) is 0 Å². The molecule has 134 valence electrons. The lowest BCUT2D eigenvalue weighted by atomic mass is 9.71. The second-order valence-corrected chi connectivity index (χ2v) is 8.97. The quantitative estimate of drug-likeness (QED) is 0.520. The fourth-order valence-corrected chi connectivity index (χ4v) is 3.66. The van der Waals surface area contributed by atoms with Crippen molar-refractivity contribution in [2.45, 2.75) is 57.4 Å². The van der Waals surface area contributed by atoms with Crippen LogP contribution in [0, 0.1) is 11.2 Å². The minimum absolute atomic E-state index is 0.0779. The SMILES string of the molecule is CC(C)(C)OC(=O)C(Br)c1cc(F)ccc1C1CCOCC1(C)C. The highest BCUT2D eigenvalue weighted by atomic mass is 79.9. The molecule has 1 fully saturated rings. The van der Waals surface area contributed by atoms with Crippen LogP contribution in [-0.2, 0) is 14.3 Å². The fraction of sp³-hybridized carbons (Fsp3) is 0.632. The van der Waals surface area contributed by atoms with E-state index in [0.29, 0.717) is 18.8 Å². The summed E-state index contributed by atoms with van der Waals surface area (Å²) in [6.45, 7) is 11.1. The topological polar surface area (TPSA) is 35.5 Å². The van der Waals surface area contributed by atoms with Gasteiger partial charge in [-0.3, -0.25) is 4.79 Å². The maximum atomic E-state index is 13.9. The molecule has 0 aliphatic carbocycles. The predicted octanol–water partition coefficient (Wildman–Crippen LogP) is 5.13. The number of hydrogen-bond acceptors (Lipinski definition) is 3. The Labute approximate surface area is 152 Å². The van der Waals surface area contributed by atoms with Crippen LogP contribution < -0.4 is 0 Å². The van der Waals surface area contributed by atoms with E-state index in [0.717, 1.165) is 12.0 Å². The van der Waals surface area contributed by atoms with Crippen molar-refractivity contribution in [3.8, 4) is 0 Å². The number of alkyl halides is 1. The molecule has 2 rings (SSSR count). The van der Waals surface area contributed by atoms with Crippen molar-refractivity contribution in [2.24, 2.45) is 5.41 Å². The van der Waals surface area contributed by atoms with Gasteiger partial charge in [0.25, 0.3) is 0 Å². The van der Waals surface area contributed by atoms with E-state index in [1.54, 1.807) is 6.07 Å². The molecule has 0 N–H and O–H groups in total. The first kappa shape index (κ1) is 19.4. The maximum absolute atomic E-state index is 13.9. The van der Waals surface area contributed by atoms with Gasteiger partial charge in [0.05, 0.1) is 6.61 Å². The smallest absolute Gasteiger partial charge is 0.324 e. The summed E-state index contributed by atoms with van der Waals surface area (Å²) in [6.07, 6.45) is 0.847. The minimum Gasteiger partial charge on any atom is -0.459 e. The molecule has 0 bridgehead atoms. The van der Waals surface area contributed by atoms with E-state index in [4.69, 9.17) is 9.47 Å². The number of ether oxygens (including phenoxy) is 2. The molecule has 0 spiro atoms. The highest BCUT2D eigenvalue weighted by molar-refractivity contribution is 9.09. The minimum atomic E-state index is -0.693. The lowest BCUT2D eigenvalue weighted by molar-refractivity contribution is -0.154. The number of carbonyl (C=O) groups is 1. The third-order valence-corrected chi connectivity index (χ3v) is 5.15. The van der Waals surface area contributed by atoms with Crippen molar-refractivity contribution in [1.82, 2.24) is 0 Å². The first-order chi connectivity index (χ1) is 11.0. The molecule has 1 aromatic rings. The van der Waals surface area contributed by atoms with Gasteiger partial charge in [0, 0.05) is 6.61 Å². The highest BCUT2D eigenvalue weighted by Crippen LogP contribution is 2.45. The zero-order chi connectivity index (χ0) is 18.1. The molecule has 1 heterocycles. The van der Waals surface area contributed by atoms with Crippen molar-refractivity contribution in [3.05, 3.63) is 35.1 Å². The average Bonchev–Trinajstić information content (AvgIpc) is 2.44. The summed E-state index contributed by atoms with van der Waals surface area (Å²) in [5.74, 6) is -0.560. The van der Waals surface area contributed by atoms with Crippen LogP contribution in [-0.4, -0.2) is 24.8 Å². The van der Waals surface area contributed by atoms with Gasteiger partial charge in [-0.05, 0) is 61.8 Å². The summed E-state index contributed by atoms with van der Waals surface area (Å²) in [6, 6.07) is 4.68. The molecule has 1 aromatic carbocycles. The molecular weight excluding hydrogens is 375 g/mol. The normalized spacial score (nSPS) is 22.0. The largest absolute Gasteiger partial charge is 0.459 e. The Morgan fingerprint density at radius 2 is 2.08 bits per heavy atom. The Morgan fingerprint density at radius 3 is 2.67 bits per heavy atom. The number of rotatable bonds is 3. The van der Waals surface area contributed by atoms with Crippen LogP contribution in [0.1, 0.15) is 62.9 Å². The molecule has 1 aliphatic heterocycles. The van der Waals surface area contributed by atoms with E-state index in [1.807, 2.05) is 20.8 Å². The molecule has 2 atom stereocenters. The third kappa shape index (κ3) is 4.57. The Kier molecular flexibility index (Phi) is 5.75. The van der Waals surface area contributed by atoms with Crippen molar-refractivity contribution in [2.75, 3.05) is 13.2 Å². The number of hydrogen-bond donors (Lipinski definition) is 0. The van der Waals surface area contributed by atoms with Gasteiger partial charge in [-0.25, -0.2) is 4.39 Å². The van der Waals surface area contributed by atoms with Crippen LogP contribution in [0.15, 0.2) is 18.2 Å². The summed E-state index contributed by atoms with van der Waals surface area (Å²) in [7, 11) is 0. The van der Waals surface area contributed by atoms with Gasteiger partial charge < -0.3 is 9.47 Å². The van der Waals surface area contributed by atoms with Crippen molar-refractivity contribution < 1.29 is 18.7 Å². The predicted molar refractivity (Wildman–Crippen MR) is 95.9 cm³/mol. The molecule has 3 nitrogen and oxygen atoms in total. The molecule has 1 saturated heterocycles. The summed E-state index contributed by atoms with van der Waals surface area (Å²) in [5, 5.41) is 0. The average molecular weight is 401 g/mol. The standard InChI is InChI=1S/C19H26BrFO3/c1-18(2,3)24-17(22)16(20)14-10-12(21)6-7-13(14)15-8-9-23-11-19(15,4)5/h6-7,10,15-16H,8-9,11H2,1-5H3. The summed E-state index contributed by atoms with van der Waals surface area (Å²) >= 11 is 3.42. The van der Waals surface area contributed by atoms with Gasteiger partial charge >= 0.3 is 5.97 Å². The summed E-state index contributed by atoms with van der Waals surface area (Å²) in [4.78, 5) is 11.8. The molecule has 1 aliphatic rings. The van der Waals surface area contributed by atoms with E-state index < -0.39 is 16.4 Å². The molecule has 5 heteroatoms. The van der Waals surface area contributed by atoms with E-state index in [1.165, 1.54) is 12.1 Å². The molecule has 0 amide bonds. The van der Waals surface area contributed by atoms with Crippen molar-refractivity contribution >= 4 is 21.9 Å².